The summed E-state index contributed by atoms with van der Waals surface area (Å²) in [6.45, 7) is 7.92. The second kappa shape index (κ2) is 5.42. The molecule has 0 spiro atoms. The molecule has 4 nitrogen and oxygen atoms in total. The van der Waals surface area contributed by atoms with Crippen LogP contribution in [0, 0.1) is 6.92 Å². The van der Waals surface area contributed by atoms with Crippen molar-refractivity contribution in [3.8, 4) is 0 Å². The van der Waals surface area contributed by atoms with Crippen LogP contribution in [0.5, 0.6) is 0 Å². The molecule has 0 aliphatic rings. The maximum Gasteiger partial charge on any atom is 0.0898 e. The third-order valence-electron chi connectivity index (χ3n) is 2.47. The molecule has 0 radical (unpaired) electrons. The molecule has 2 aromatic rings. The maximum atomic E-state index is 4.46. The molecule has 0 saturated heterocycles. The molecule has 0 unspecified atom stereocenters. The van der Waals surface area contributed by atoms with E-state index in [-0.39, 0.29) is 0 Å². The van der Waals surface area contributed by atoms with Gasteiger partial charge in [0.05, 0.1) is 22.9 Å². The number of rotatable bonds is 5. The van der Waals surface area contributed by atoms with Crippen LogP contribution in [0.15, 0.2) is 17.6 Å². The van der Waals surface area contributed by atoms with Crippen LogP contribution >= 0.6 is 11.3 Å². The van der Waals surface area contributed by atoms with Gasteiger partial charge in [-0.15, -0.1) is 11.3 Å². The van der Waals surface area contributed by atoms with Gasteiger partial charge in [0.15, 0.2) is 0 Å². The van der Waals surface area contributed by atoms with Crippen LogP contribution in [0.3, 0.4) is 0 Å². The highest BCUT2D eigenvalue weighted by atomic mass is 32.1. The van der Waals surface area contributed by atoms with E-state index >= 15 is 0 Å². The summed E-state index contributed by atoms with van der Waals surface area (Å²) in [4.78, 5) is 4.46. The van der Waals surface area contributed by atoms with Gasteiger partial charge >= 0.3 is 0 Å². The maximum absolute atomic E-state index is 4.46. The van der Waals surface area contributed by atoms with Gasteiger partial charge in [-0.1, -0.05) is 13.8 Å². The molecule has 5 heteroatoms. The van der Waals surface area contributed by atoms with Crippen LogP contribution < -0.4 is 5.32 Å². The fourth-order valence-corrected chi connectivity index (χ4v) is 2.20. The van der Waals surface area contributed by atoms with Crippen molar-refractivity contribution in [1.29, 1.82) is 0 Å². The summed E-state index contributed by atoms with van der Waals surface area (Å²) in [5.74, 6) is 0. The smallest absolute Gasteiger partial charge is 0.0898 e. The summed E-state index contributed by atoms with van der Waals surface area (Å²) in [6, 6.07) is 2.54. The van der Waals surface area contributed by atoms with Gasteiger partial charge in [0.25, 0.3) is 0 Å². The SMILES string of the molecule is Cc1nc(Cn2nccc2CNC(C)C)cs1. The van der Waals surface area contributed by atoms with Crippen molar-refractivity contribution in [1.82, 2.24) is 20.1 Å². The third kappa shape index (κ3) is 3.38. The summed E-state index contributed by atoms with van der Waals surface area (Å²) in [7, 11) is 0. The Kier molecular flexibility index (Phi) is 3.91. The van der Waals surface area contributed by atoms with Crippen LogP contribution in [0.4, 0.5) is 0 Å². The highest BCUT2D eigenvalue weighted by Crippen LogP contribution is 2.10. The Labute approximate surface area is 106 Å². The molecule has 0 amide bonds. The zero-order valence-electron chi connectivity index (χ0n) is 10.5. The summed E-state index contributed by atoms with van der Waals surface area (Å²) < 4.78 is 2.00. The summed E-state index contributed by atoms with van der Waals surface area (Å²) in [6.07, 6.45) is 1.84. The van der Waals surface area contributed by atoms with Crippen LogP contribution in [0.1, 0.15) is 30.2 Å². The average molecular weight is 250 g/mol. The molecule has 2 rings (SSSR count). The van der Waals surface area contributed by atoms with Gasteiger partial charge in [0.2, 0.25) is 0 Å². The molecule has 1 N–H and O–H groups in total. The molecule has 2 heterocycles. The van der Waals surface area contributed by atoms with Gasteiger partial charge in [0.1, 0.15) is 0 Å². The van der Waals surface area contributed by atoms with Gasteiger partial charge < -0.3 is 5.32 Å². The van der Waals surface area contributed by atoms with E-state index in [0.717, 1.165) is 23.8 Å². The van der Waals surface area contributed by atoms with Crippen LogP contribution in [0.25, 0.3) is 0 Å². The Morgan fingerprint density at radius 2 is 2.29 bits per heavy atom. The van der Waals surface area contributed by atoms with Gasteiger partial charge in [-0.25, -0.2) is 4.98 Å². The third-order valence-corrected chi connectivity index (χ3v) is 3.30. The van der Waals surface area contributed by atoms with E-state index in [1.807, 2.05) is 17.8 Å². The number of nitrogens with one attached hydrogen (secondary N) is 1. The zero-order valence-corrected chi connectivity index (χ0v) is 11.3. The van der Waals surface area contributed by atoms with Crippen molar-refractivity contribution in [3.05, 3.63) is 34.0 Å². The Bertz CT molecular complexity index is 472. The largest absolute Gasteiger partial charge is 0.309 e. The first-order chi connectivity index (χ1) is 8.15. The first kappa shape index (κ1) is 12.3. The molecular formula is C12H18N4S. The second-order valence-corrected chi connectivity index (χ2v) is 5.44. The summed E-state index contributed by atoms with van der Waals surface area (Å²) in [5.41, 5.74) is 2.28. The van der Waals surface area contributed by atoms with Crippen molar-refractivity contribution in [2.45, 2.75) is 39.9 Å². The molecule has 0 bridgehead atoms. The Morgan fingerprint density at radius 1 is 1.47 bits per heavy atom. The standard InChI is InChI=1S/C12H18N4S/c1-9(2)13-6-12-4-5-14-16(12)7-11-8-17-10(3)15-11/h4-5,8-9,13H,6-7H2,1-3H3. The lowest BCUT2D eigenvalue weighted by molar-refractivity contribution is 0.545. The zero-order chi connectivity index (χ0) is 12.3. The van der Waals surface area contributed by atoms with Crippen LogP contribution in [0.2, 0.25) is 0 Å². The topological polar surface area (TPSA) is 42.7 Å². The lowest BCUT2D eigenvalue weighted by Crippen LogP contribution is -2.23. The van der Waals surface area contributed by atoms with Crippen LogP contribution in [-0.2, 0) is 13.1 Å². The van der Waals surface area contributed by atoms with Crippen molar-refractivity contribution in [2.24, 2.45) is 0 Å². The molecule has 0 aromatic carbocycles. The highest BCUT2D eigenvalue weighted by Gasteiger charge is 2.05. The average Bonchev–Trinajstić information content (AvgIpc) is 2.86. The number of aryl methyl sites for hydroxylation is 1. The Hall–Kier alpha value is -1.20. The van der Waals surface area contributed by atoms with Crippen molar-refractivity contribution >= 4 is 11.3 Å². The molecular weight excluding hydrogens is 232 g/mol. The molecule has 0 fully saturated rings. The first-order valence-corrected chi connectivity index (χ1v) is 6.68. The lowest BCUT2D eigenvalue weighted by atomic mass is 10.3. The van der Waals surface area contributed by atoms with Crippen molar-refractivity contribution in [3.63, 3.8) is 0 Å². The molecule has 0 atom stereocenters. The van der Waals surface area contributed by atoms with E-state index in [1.165, 1.54) is 5.69 Å². The highest BCUT2D eigenvalue weighted by molar-refractivity contribution is 7.09. The van der Waals surface area contributed by atoms with Gasteiger partial charge in [-0.3, -0.25) is 4.68 Å². The molecule has 2 aromatic heterocycles. The van der Waals surface area contributed by atoms with E-state index in [1.54, 1.807) is 11.3 Å². The molecule has 0 saturated carbocycles. The molecule has 0 aliphatic heterocycles. The first-order valence-electron chi connectivity index (χ1n) is 5.80. The Morgan fingerprint density at radius 3 is 2.94 bits per heavy atom. The number of hydrogen-bond acceptors (Lipinski definition) is 4. The van der Waals surface area contributed by atoms with E-state index in [0.29, 0.717) is 6.04 Å². The van der Waals surface area contributed by atoms with Crippen molar-refractivity contribution < 1.29 is 0 Å². The van der Waals surface area contributed by atoms with Gasteiger partial charge in [0, 0.05) is 24.2 Å². The minimum absolute atomic E-state index is 0.486. The van der Waals surface area contributed by atoms with E-state index in [9.17, 15) is 0 Å². The second-order valence-electron chi connectivity index (χ2n) is 4.37. The molecule has 0 aliphatic carbocycles. The van der Waals surface area contributed by atoms with Gasteiger partial charge in [-0.05, 0) is 13.0 Å². The van der Waals surface area contributed by atoms with Gasteiger partial charge in [-0.2, -0.15) is 5.10 Å². The number of hydrogen-bond donors (Lipinski definition) is 1. The predicted octanol–water partition coefficient (Wildman–Crippen LogP) is 2.19. The normalized spacial score (nSPS) is 11.3. The number of thiazole rings is 1. The summed E-state index contributed by atoms with van der Waals surface area (Å²) in [5, 5.41) is 10.9. The van der Waals surface area contributed by atoms with E-state index < -0.39 is 0 Å². The fourth-order valence-electron chi connectivity index (χ4n) is 1.60. The molecule has 92 valence electrons. The number of nitrogens with zero attached hydrogens (tertiary/aromatic N) is 3. The number of aromatic nitrogens is 3. The monoisotopic (exact) mass is 250 g/mol. The van der Waals surface area contributed by atoms with Crippen LogP contribution in [-0.4, -0.2) is 20.8 Å². The minimum atomic E-state index is 0.486. The van der Waals surface area contributed by atoms with E-state index in [2.05, 4.69) is 40.7 Å². The Balaban J connectivity index is 2.03. The fraction of sp³-hybridized carbons (Fsp3) is 0.500. The summed E-state index contributed by atoms with van der Waals surface area (Å²) >= 11 is 1.68. The van der Waals surface area contributed by atoms with E-state index in [4.69, 9.17) is 0 Å². The minimum Gasteiger partial charge on any atom is -0.309 e. The quantitative estimate of drug-likeness (QED) is 0.884. The predicted molar refractivity (Wildman–Crippen MR) is 70.2 cm³/mol. The van der Waals surface area contributed by atoms with Crippen molar-refractivity contribution in [2.75, 3.05) is 0 Å². The molecule has 17 heavy (non-hydrogen) atoms. The lowest BCUT2D eigenvalue weighted by Gasteiger charge is -2.09.